The molecule has 0 aromatic carbocycles. The van der Waals surface area contributed by atoms with E-state index in [0.717, 1.165) is 0 Å². The molecule has 0 radical (unpaired) electrons. The van der Waals surface area contributed by atoms with Gasteiger partial charge in [0.15, 0.2) is 11.5 Å². The molecule has 1 aliphatic carbocycles. The third-order valence-electron chi connectivity index (χ3n) is 2.18. The Hall–Kier alpha value is -0.720. The van der Waals surface area contributed by atoms with Gasteiger partial charge in [0.05, 0.1) is 23.0 Å². The van der Waals surface area contributed by atoms with Crippen LogP contribution in [0.25, 0.3) is 0 Å². The van der Waals surface area contributed by atoms with Gasteiger partial charge >= 0.3 is 0 Å². The lowest BCUT2D eigenvalue weighted by Crippen LogP contribution is -2.17. The van der Waals surface area contributed by atoms with Crippen molar-refractivity contribution in [2.75, 3.05) is 18.6 Å². The first kappa shape index (κ1) is 11.8. The van der Waals surface area contributed by atoms with Crippen molar-refractivity contribution in [2.24, 2.45) is 0 Å². The van der Waals surface area contributed by atoms with Crippen LogP contribution in [-0.4, -0.2) is 41.4 Å². The fraction of sp³-hybridized carbons (Fsp3) is 0.400. The van der Waals surface area contributed by atoms with Crippen LogP contribution in [-0.2, 0) is 14.3 Å². The summed E-state index contributed by atoms with van der Waals surface area (Å²) in [6.45, 7) is 0. The van der Waals surface area contributed by atoms with Gasteiger partial charge in [0.2, 0.25) is 5.78 Å². The van der Waals surface area contributed by atoms with Gasteiger partial charge < -0.3 is 9.84 Å². The summed E-state index contributed by atoms with van der Waals surface area (Å²) in [5.74, 6) is 0.484. The topological polar surface area (TPSA) is 63.6 Å². The van der Waals surface area contributed by atoms with Crippen LogP contribution in [0.3, 0.4) is 0 Å². The largest absolute Gasteiger partial charge is 0.492 e. The molecule has 1 N–H and O–H groups in total. The molecule has 86 valence electrons. The van der Waals surface area contributed by atoms with Crippen molar-refractivity contribution in [3.8, 4) is 0 Å². The van der Waals surface area contributed by atoms with Gasteiger partial charge in [-0.2, -0.15) is 0 Å². The van der Waals surface area contributed by atoms with Gasteiger partial charge in [0.25, 0.3) is 0 Å². The molecular formula is C10H10O4S2. The Kier molecular flexibility index (Phi) is 3.41. The molecule has 1 atom stereocenters. The zero-order valence-electron chi connectivity index (χ0n) is 8.56. The number of carbonyl (C=O) groups is 2. The fourth-order valence-corrected chi connectivity index (χ4v) is 3.75. The zero-order chi connectivity index (χ0) is 11.7. The second-order valence-corrected chi connectivity index (χ2v) is 5.40. The average molecular weight is 258 g/mol. The first-order chi connectivity index (χ1) is 7.63. The Bertz CT molecular complexity index is 411. The summed E-state index contributed by atoms with van der Waals surface area (Å²) in [4.78, 5) is 24.4. The molecular weight excluding hydrogens is 248 g/mol. The third kappa shape index (κ3) is 2.05. The van der Waals surface area contributed by atoms with Crippen molar-refractivity contribution in [3.05, 3.63) is 21.6 Å². The number of hydrogen-bond donors (Lipinski definition) is 1. The number of thioether (sulfide) groups is 2. The van der Waals surface area contributed by atoms with Crippen molar-refractivity contribution in [1.82, 2.24) is 0 Å². The quantitative estimate of drug-likeness (QED) is 0.699. The number of carbonyl (C=O) groups excluding carboxylic acids is 2. The van der Waals surface area contributed by atoms with E-state index in [-0.39, 0.29) is 17.3 Å². The maximum atomic E-state index is 11.9. The van der Waals surface area contributed by atoms with E-state index in [1.54, 1.807) is 0 Å². The van der Waals surface area contributed by atoms with Crippen LogP contribution in [0.1, 0.15) is 0 Å². The second kappa shape index (κ2) is 4.65. The second-order valence-electron chi connectivity index (χ2n) is 3.34. The van der Waals surface area contributed by atoms with Crippen molar-refractivity contribution >= 4 is 35.1 Å². The summed E-state index contributed by atoms with van der Waals surface area (Å²) >= 11 is 2.46. The first-order valence-electron chi connectivity index (χ1n) is 4.66. The molecule has 0 saturated heterocycles. The summed E-state index contributed by atoms with van der Waals surface area (Å²) in [7, 11) is 1.37. The van der Waals surface area contributed by atoms with Gasteiger partial charge in [-0.05, 0) is 0 Å². The predicted octanol–water partition coefficient (Wildman–Crippen LogP) is 0.721. The van der Waals surface area contributed by atoms with Gasteiger partial charge in [0, 0.05) is 17.6 Å². The molecule has 0 bridgehead atoms. The van der Waals surface area contributed by atoms with Crippen LogP contribution in [0.5, 0.6) is 0 Å². The molecule has 0 spiro atoms. The molecule has 0 saturated carbocycles. The summed E-state index contributed by atoms with van der Waals surface area (Å²) in [5, 5.41) is 9.49. The Morgan fingerprint density at radius 1 is 1.31 bits per heavy atom. The van der Waals surface area contributed by atoms with Crippen LogP contribution in [0.15, 0.2) is 21.6 Å². The molecule has 0 amide bonds. The lowest BCUT2D eigenvalue weighted by Gasteiger charge is -2.14. The van der Waals surface area contributed by atoms with Crippen molar-refractivity contribution < 1.29 is 19.4 Å². The highest BCUT2D eigenvalue weighted by Crippen LogP contribution is 2.38. The van der Waals surface area contributed by atoms with E-state index in [1.807, 2.05) is 0 Å². The summed E-state index contributed by atoms with van der Waals surface area (Å²) < 4.78 is 4.86. The summed E-state index contributed by atoms with van der Waals surface area (Å²) in [6, 6.07) is 0. The molecule has 4 nitrogen and oxygen atoms in total. The predicted molar refractivity (Wildman–Crippen MR) is 63.1 cm³/mol. The highest BCUT2D eigenvalue weighted by atomic mass is 32.2. The smallest absolute Gasteiger partial charge is 0.235 e. The molecule has 6 heteroatoms. The van der Waals surface area contributed by atoms with E-state index in [4.69, 9.17) is 4.74 Å². The van der Waals surface area contributed by atoms with E-state index in [9.17, 15) is 14.7 Å². The highest BCUT2D eigenvalue weighted by Gasteiger charge is 2.32. The zero-order valence-corrected chi connectivity index (χ0v) is 10.2. The van der Waals surface area contributed by atoms with E-state index in [1.165, 1.54) is 36.7 Å². The average Bonchev–Trinajstić information content (AvgIpc) is 2.46. The Balaban J connectivity index is 2.34. The molecule has 0 aromatic heterocycles. The SMILES string of the molecule is COC1=CC(=O)C2=C(SC[C@@H](O)CS2)C1=O. The van der Waals surface area contributed by atoms with Gasteiger partial charge in [-0.25, -0.2) is 0 Å². The number of rotatable bonds is 1. The molecule has 2 rings (SSSR count). The molecule has 1 aliphatic heterocycles. The highest BCUT2D eigenvalue weighted by molar-refractivity contribution is 8.08. The van der Waals surface area contributed by atoms with E-state index < -0.39 is 6.10 Å². The van der Waals surface area contributed by atoms with Crippen LogP contribution in [0.2, 0.25) is 0 Å². The Labute approximate surface area is 101 Å². The number of Topliss-reactive ketones (excluding diaryl/α,β-unsaturated/α-hetero) is 1. The standard InChI is InChI=1S/C10H10O4S2/c1-14-7-2-6(12)9-10(8(7)13)16-4-5(11)3-15-9/h2,5,11H,3-4H2,1H3/t5-/m0/s1. The number of allylic oxidation sites excluding steroid dienone is 3. The van der Waals surface area contributed by atoms with Crippen molar-refractivity contribution in [3.63, 3.8) is 0 Å². The van der Waals surface area contributed by atoms with Crippen molar-refractivity contribution in [2.45, 2.75) is 6.10 Å². The maximum absolute atomic E-state index is 11.9. The Morgan fingerprint density at radius 2 is 1.94 bits per heavy atom. The van der Waals surface area contributed by atoms with Crippen LogP contribution in [0.4, 0.5) is 0 Å². The molecule has 1 heterocycles. The minimum Gasteiger partial charge on any atom is -0.492 e. The molecule has 16 heavy (non-hydrogen) atoms. The number of aliphatic hydroxyl groups is 1. The van der Waals surface area contributed by atoms with Crippen LogP contribution in [0, 0.1) is 0 Å². The Morgan fingerprint density at radius 3 is 2.56 bits per heavy atom. The number of methoxy groups -OCH3 is 1. The van der Waals surface area contributed by atoms with Crippen molar-refractivity contribution in [1.29, 1.82) is 0 Å². The summed E-state index contributed by atoms with van der Waals surface area (Å²) in [6.07, 6.45) is 0.721. The number of hydrogen-bond acceptors (Lipinski definition) is 6. The number of ether oxygens (including phenoxy) is 1. The minimum absolute atomic E-state index is 0.0771. The fourth-order valence-electron chi connectivity index (χ4n) is 1.40. The third-order valence-corrected chi connectivity index (χ3v) is 4.79. The van der Waals surface area contributed by atoms with Crippen LogP contribution < -0.4 is 0 Å². The molecule has 0 unspecified atom stereocenters. The van der Waals surface area contributed by atoms with Gasteiger partial charge in [-0.15, -0.1) is 23.5 Å². The lowest BCUT2D eigenvalue weighted by molar-refractivity contribution is -0.117. The van der Waals surface area contributed by atoms with E-state index in [2.05, 4.69) is 0 Å². The van der Waals surface area contributed by atoms with Crippen LogP contribution >= 0.6 is 23.5 Å². The summed E-state index contributed by atoms with van der Waals surface area (Å²) in [5.41, 5.74) is 0. The van der Waals surface area contributed by atoms with E-state index >= 15 is 0 Å². The monoisotopic (exact) mass is 258 g/mol. The molecule has 0 aromatic rings. The van der Waals surface area contributed by atoms with Gasteiger partial charge in [-0.3, -0.25) is 9.59 Å². The number of ketones is 2. The first-order valence-corrected chi connectivity index (χ1v) is 6.63. The lowest BCUT2D eigenvalue weighted by atomic mass is 10.1. The van der Waals surface area contributed by atoms with E-state index in [0.29, 0.717) is 21.3 Å². The number of aliphatic hydroxyl groups excluding tert-OH is 1. The minimum atomic E-state index is -0.493. The normalized spacial score (nSPS) is 26.1. The van der Waals surface area contributed by atoms with Gasteiger partial charge in [-0.1, -0.05) is 0 Å². The molecule has 2 aliphatic rings. The molecule has 0 fully saturated rings. The maximum Gasteiger partial charge on any atom is 0.235 e. The van der Waals surface area contributed by atoms with Gasteiger partial charge in [0.1, 0.15) is 0 Å².